The molecule has 1 aliphatic carbocycles. The zero-order valence-corrected chi connectivity index (χ0v) is 18.5. The van der Waals surface area contributed by atoms with Gasteiger partial charge in [0.1, 0.15) is 11.0 Å². The van der Waals surface area contributed by atoms with Crippen molar-refractivity contribution in [3.05, 3.63) is 51.4 Å². The number of carbonyl (C=O) groups is 4. The molecule has 7 nitrogen and oxygen atoms in total. The topological polar surface area (TPSA) is 92.8 Å². The summed E-state index contributed by atoms with van der Waals surface area (Å²) in [6.45, 7) is 5.64. The lowest BCUT2D eigenvalue weighted by molar-refractivity contribution is -0.119. The second kappa shape index (κ2) is 8.26. The Balaban J connectivity index is 1.61. The van der Waals surface area contributed by atoms with E-state index in [9.17, 15) is 19.2 Å². The minimum absolute atomic E-state index is 0.235. The number of nitrogens with zero attached hydrogens (tertiary/aromatic N) is 1. The number of fused-ring (bicyclic) bond motifs is 2. The predicted octanol–water partition coefficient (Wildman–Crippen LogP) is 3.67. The Morgan fingerprint density at radius 3 is 2.48 bits per heavy atom. The van der Waals surface area contributed by atoms with Crippen LogP contribution in [-0.4, -0.2) is 41.2 Å². The fourth-order valence-corrected chi connectivity index (χ4v) is 5.55. The third kappa shape index (κ3) is 3.65. The number of hydrogen-bond donors (Lipinski definition) is 1. The SMILES string of the molecule is CCOC(=O)c1c(NC(=O)[C@@H](C)N2C(=O)c3ccccc3C2=O)sc2c1CC[C@@H](C)C2. The molecular formula is C23H24N2O5S. The Labute approximate surface area is 184 Å². The molecule has 0 saturated heterocycles. The lowest BCUT2D eigenvalue weighted by Crippen LogP contribution is -2.45. The van der Waals surface area contributed by atoms with Gasteiger partial charge in [0, 0.05) is 4.88 Å². The van der Waals surface area contributed by atoms with Crippen molar-refractivity contribution >= 4 is 40.0 Å². The number of nitrogens with one attached hydrogen (secondary N) is 1. The number of imide groups is 1. The molecular weight excluding hydrogens is 416 g/mol. The van der Waals surface area contributed by atoms with Crippen LogP contribution in [0.15, 0.2) is 24.3 Å². The molecule has 0 spiro atoms. The number of rotatable bonds is 5. The van der Waals surface area contributed by atoms with Crippen molar-refractivity contribution in [1.29, 1.82) is 0 Å². The minimum atomic E-state index is -1.03. The standard InChI is InChI=1S/C23H24N2O5S/c1-4-30-23(29)18-16-10-9-12(2)11-17(16)31-20(18)24-19(26)13(3)25-21(27)14-7-5-6-8-15(14)22(25)28/h5-8,12-13H,4,9-11H2,1-3H3,(H,24,26)/t12-,13-/m1/s1. The minimum Gasteiger partial charge on any atom is -0.462 e. The molecule has 0 saturated carbocycles. The number of anilines is 1. The molecule has 2 atom stereocenters. The number of ether oxygens (including phenoxy) is 1. The molecule has 1 aromatic carbocycles. The molecule has 3 amide bonds. The van der Waals surface area contributed by atoms with Gasteiger partial charge in [0.15, 0.2) is 0 Å². The third-order valence-electron chi connectivity index (χ3n) is 5.82. The molecule has 162 valence electrons. The third-order valence-corrected chi connectivity index (χ3v) is 6.99. The van der Waals surface area contributed by atoms with E-state index in [0.29, 0.717) is 27.6 Å². The van der Waals surface area contributed by atoms with Crippen LogP contribution >= 0.6 is 11.3 Å². The maximum absolute atomic E-state index is 13.0. The maximum Gasteiger partial charge on any atom is 0.341 e. The van der Waals surface area contributed by atoms with Gasteiger partial charge in [0.2, 0.25) is 5.91 Å². The first-order valence-corrected chi connectivity index (χ1v) is 11.2. The van der Waals surface area contributed by atoms with Gasteiger partial charge in [-0.1, -0.05) is 19.1 Å². The van der Waals surface area contributed by atoms with Crippen LogP contribution in [0.2, 0.25) is 0 Å². The van der Waals surface area contributed by atoms with Gasteiger partial charge in [-0.2, -0.15) is 0 Å². The van der Waals surface area contributed by atoms with E-state index in [4.69, 9.17) is 4.74 Å². The molecule has 0 fully saturated rings. The highest BCUT2D eigenvalue weighted by molar-refractivity contribution is 7.17. The molecule has 1 aromatic heterocycles. The van der Waals surface area contributed by atoms with Gasteiger partial charge in [-0.05, 0) is 56.7 Å². The zero-order valence-electron chi connectivity index (χ0n) is 17.7. The molecule has 1 N–H and O–H groups in total. The summed E-state index contributed by atoms with van der Waals surface area (Å²) in [6.07, 6.45) is 2.57. The van der Waals surface area contributed by atoms with Gasteiger partial charge in [-0.15, -0.1) is 11.3 Å². The van der Waals surface area contributed by atoms with E-state index >= 15 is 0 Å². The summed E-state index contributed by atoms with van der Waals surface area (Å²) in [5.41, 5.74) is 1.92. The Bertz CT molecular complexity index is 1050. The number of esters is 1. The van der Waals surface area contributed by atoms with Crippen molar-refractivity contribution in [3.8, 4) is 0 Å². The van der Waals surface area contributed by atoms with Crippen LogP contribution in [0.5, 0.6) is 0 Å². The number of amides is 3. The molecule has 2 heterocycles. The van der Waals surface area contributed by atoms with Crippen molar-refractivity contribution in [2.75, 3.05) is 11.9 Å². The van der Waals surface area contributed by atoms with Crippen molar-refractivity contribution in [2.45, 2.75) is 46.1 Å². The highest BCUT2D eigenvalue weighted by Gasteiger charge is 2.41. The molecule has 0 radical (unpaired) electrons. The first kappa shape index (κ1) is 21.2. The van der Waals surface area contributed by atoms with Gasteiger partial charge in [0.05, 0.1) is 23.3 Å². The first-order chi connectivity index (χ1) is 14.8. The number of benzene rings is 1. The summed E-state index contributed by atoms with van der Waals surface area (Å²) in [4.78, 5) is 53.2. The summed E-state index contributed by atoms with van der Waals surface area (Å²) in [7, 11) is 0. The fourth-order valence-electron chi connectivity index (χ4n) is 4.15. The van der Waals surface area contributed by atoms with Crippen LogP contribution in [-0.2, 0) is 22.4 Å². The fraction of sp³-hybridized carbons (Fsp3) is 0.391. The van der Waals surface area contributed by atoms with E-state index in [0.717, 1.165) is 34.6 Å². The maximum atomic E-state index is 13.0. The smallest absolute Gasteiger partial charge is 0.341 e. The summed E-state index contributed by atoms with van der Waals surface area (Å²) >= 11 is 1.38. The van der Waals surface area contributed by atoms with Gasteiger partial charge in [-0.3, -0.25) is 19.3 Å². The quantitative estimate of drug-likeness (QED) is 0.566. The van der Waals surface area contributed by atoms with Crippen LogP contribution in [0, 0.1) is 5.92 Å². The van der Waals surface area contributed by atoms with E-state index in [-0.39, 0.29) is 6.61 Å². The van der Waals surface area contributed by atoms with Crippen LogP contribution in [0.4, 0.5) is 5.00 Å². The van der Waals surface area contributed by atoms with Crippen molar-refractivity contribution in [2.24, 2.45) is 5.92 Å². The van der Waals surface area contributed by atoms with Crippen LogP contribution in [0.1, 0.15) is 68.7 Å². The monoisotopic (exact) mass is 440 g/mol. The van der Waals surface area contributed by atoms with E-state index in [1.165, 1.54) is 18.3 Å². The first-order valence-electron chi connectivity index (χ1n) is 10.4. The van der Waals surface area contributed by atoms with E-state index in [2.05, 4.69) is 12.2 Å². The number of hydrogen-bond acceptors (Lipinski definition) is 6. The Kier molecular flexibility index (Phi) is 5.66. The second-order valence-corrected chi connectivity index (χ2v) is 9.07. The number of carbonyl (C=O) groups excluding carboxylic acids is 4. The Morgan fingerprint density at radius 1 is 1.23 bits per heavy atom. The average Bonchev–Trinajstić information content (AvgIpc) is 3.22. The second-order valence-electron chi connectivity index (χ2n) is 7.97. The van der Waals surface area contributed by atoms with Gasteiger partial charge < -0.3 is 10.1 Å². The van der Waals surface area contributed by atoms with Crippen LogP contribution in [0.25, 0.3) is 0 Å². The highest BCUT2D eigenvalue weighted by atomic mass is 32.1. The van der Waals surface area contributed by atoms with Crippen LogP contribution in [0.3, 0.4) is 0 Å². The molecule has 31 heavy (non-hydrogen) atoms. The largest absolute Gasteiger partial charge is 0.462 e. The van der Waals surface area contributed by atoms with Gasteiger partial charge >= 0.3 is 5.97 Å². The van der Waals surface area contributed by atoms with Gasteiger partial charge in [0.25, 0.3) is 11.8 Å². The van der Waals surface area contributed by atoms with E-state index in [1.807, 2.05) is 0 Å². The van der Waals surface area contributed by atoms with Crippen molar-refractivity contribution < 1.29 is 23.9 Å². The average molecular weight is 441 g/mol. The molecule has 8 heteroatoms. The summed E-state index contributed by atoms with van der Waals surface area (Å²) in [6, 6.07) is 5.49. The van der Waals surface area contributed by atoms with E-state index in [1.54, 1.807) is 31.2 Å². The molecule has 4 rings (SSSR count). The Morgan fingerprint density at radius 2 is 1.87 bits per heavy atom. The van der Waals surface area contributed by atoms with Crippen molar-refractivity contribution in [3.63, 3.8) is 0 Å². The van der Waals surface area contributed by atoms with Crippen molar-refractivity contribution in [1.82, 2.24) is 4.90 Å². The predicted molar refractivity (Wildman–Crippen MR) is 116 cm³/mol. The summed E-state index contributed by atoms with van der Waals surface area (Å²) < 4.78 is 5.24. The molecule has 0 bridgehead atoms. The van der Waals surface area contributed by atoms with E-state index < -0.39 is 29.7 Å². The number of thiophene rings is 1. The van der Waals surface area contributed by atoms with Gasteiger partial charge in [-0.25, -0.2) is 4.79 Å². The Hall–Kier alpha value is -3.00. The lowest BCUT2D eigenvalue weighted by atomic mass is 9.88. The normalized spacial score (nSPS) is 18.4. The molecule has 0 unspecified atom stereocenters. The molecule has 2 aromatic rings. The van der Waals surface area contributed by atoms with Crippen LogP contribution < -0.4 is 5.32 Å². The summed E-state index contributed by atoms with van der Waals surface area (Å²) in [5, 5.41) is 3.22. The molecule has 1 aliphatic heterocycles. The summed E-state index contributed by atoms with van der Waals surface area (Å²) in [5.74, 6) is -1.46. The molecule has 2 aliphatic rings. The zero-order chi connectivity index (χ0) is 22.3. The highest BCUT2D eigenvalue weighted by Crippen LogP contribution is 2.40. The lowest BCUT2D eigenvalue weighted by Gasteiger charge is -2.21.